The van der Waals surface area contributed by atoms with Crippen LogP contribution < -0.4 is 20.7 Å². The monoisotopic (exact) mass is 570 g/mol. The van der Waals surface area contributed by atoms with Gasteiger partial charge in [-0.1, -0.05) is 0 Å². The van der Waals surface area contributed by atoms with Crippen LogP contribution in [0.5, 0.6) is 5.75 Å². The minimum absolute atomic E-state index is 0. The molecular weight excluding hydrogens is 535 g/mol. The first-order chi connectivity index (χ1) is 15.6. The Hall–Kier alpha value is -2.27. The molecule has 1 aliphatic rings. The number of anilines is 1. The fourth-order valence-electron chi connectivity index (χ4n) is 2.95. The van der Waals surface area contributed by atoms with Crippen LogP contribution in [0.4, 0.5) is 5.69 Å². The Labute approximate surface area is 212 Å². The predicted molar refractivity (Wildman–Crippen MR) is 140 cm³/mol. The number of amides is 1. The van der Waals surface area contributed by atoms with Crippen LogP contribution in [-0.4, -0.2) is 44.2 Å². The van der Waals surface area contributed by atoms with E-state index in [1.807, 2.05) is 50.2 Å². The van der Waals surface area contributed by atoms with Crippen molar-refractivity contribution in [3.63, 3.8) is 0 Å². The first kappa shape index (κ1) is 27.0. The number of benzene rings is 1. The van der Waals surface area contributed by atoms with Crippen LogP contribution in [0.25, 0.3) is 0 Å². The van der Waals surface area contributed by atoms with E-state index >= 15 is 0 Å². The quantitative estimate of drug-likeness (QED) is 0.145. The minimum atomic E-state index is 0. The maximum Gasteiger partial charge on any atom is 0.223 e. The molecule has 0 saturated heterocycles. The number of rotatable bonds is 13. The summed E-state index contributed by atoms with van der Waals surface area (Å²) in [6.07, 6.45) is 4.57. The van der Waals surface area contributed by atoms with E-state index in [-0.39, 0.29) is 41.9 Å². The molecule has 1 aromatic heterocycles. The van der Waals surface area contributed by atoms with Crippen LogP contribution in [0.2, 0.25) is 0 Å². The smallest absolute Gasteiger partial charge is 0.223 e. The zero-order chi connectivity index (χ0) is 22.6. The number of ether oxygens (including phenoxy) is 2. The zero-order valence-corrected chi connectivity index (χ0v) is 21.7. The van der Waals surface area contributed by atoms with Crippen LogP contribution in [0, 0.1) is 5.92 Å². The summed E-state index contributed by atoms with van der Waals surface area (Å²) in [5.41, 5.74) is 0.906. The van der Waals surface area contributed by atoms with E-state index < -0.39 is 0 Å². The third-order valence-electron chi connectivity index (χ3n) is 4.69. The van der Waals surface area contributed by atoms with E-state index in [4.69, 9.17) is 13.9 Å². The second-order valence-electron chi connectivity index (χ2n) is 8.02. The number of hydrogen-bond donors (Lipinski definition) is 3. The van der Waals surface area contributed by atoms with Gasteiger partial charge >= 0.3 is 0 Å². The van der Waals surface area contributed by atoms with Gasteiger partial charge in [-0.25, -0.2) is 0 Å². The van der Waals surface area contributed by atoms with Crippen molar-refractivity contribution < 1.29 is 18.7 Å². The molecule has 9 heteroatoms. The topological polar surface area (TPSA) is 97.1 Å². The van der Waals surface area contributed by atoms with Crippen molar-refractivity contribution in [1.29, 1.82) is 0 Å². The number of carbonyl (C=O) groups is 1. The number of furan rings is 1. The van der Waals surface area contributed by atoms with Crippen molar-refractivity contribution >= 4 is 41.5 Å². The van der Waals surface area contributed by atoms with Gasteiger partial charge in [-0.05, 0) is 69.5 Å². The summed E-state index contributed by atoms with van der Waals surface area (Å²) in [4.78, 5) is 16.4. The lowest BCUT2D eigenvalue weighted by atomic mass is 10.3. The Balaban J connectivity index is 0.00000385. The molecule has 182 valence electrons. The highest BCUT2D eigenvalue weighted by molar-refractivity contribution is 14.0. The average molecular weight is 570 g/mol. The molecule has 0 aliphatic heterocycles. The van der Waals surface area contributed by atoms with Gasteiger partial charge in [0.2, 0.25) is 5.91 Å². The highest BCUT2D eigenvalue weighted by Gasteiger charge is 2.28. The molecule has 8 nitrogen and oxygen atoms in total. The number of carbonyl (C=O) groups excluding carboxylic acids is 1. The van der Waals surface area contributed by atoms with Gasteiger partial charge in [-0.15, -0.1) is 24.0 Å². The summed E-state index contributed by atoms with van der Waals surface area (Å²) in [5.74, 6) is 2.67. The SMILES string of the molecule is CC(C)Oc1ccc(NC(=NCCCOCc2ccco2)NCCNC(=O)C2CC2)cc1.I. The summed E-state index contributed by atoms with van der Waals surface area (Å²) in [6.45, 7) is 6.82. The lowest BCUT2D eigenvalue weighted by Crippen LogP contribution is -2.38. The molecule has 1 heterocycles. The molecule has 1 amide bonds. The molecule has 0 atom stereocenters. The van der Waals surface area contributed by atoms with Crippen LogP contribution in [-0.2, 0) is 16.1 Å². The first-order valence-electron chi connectivity index (χ1n) is 11.3. The van der Waals surface area contributed by atoms with Gasteiger partial charge in [0, 0.05) is 37.8 Å². The van der Waals surface area contributed by atoms with E-state index in [2.05, 4.69) is 20.9 Å². The molecule has 0 unspecified atom stereocenters. The lowest BCUT2D eigenvalue weighted by Gasteiger charge is -2.14. The molecule has 1 saturated carbocycles. The van der Waals surface area contributed by atoms with Crippen molar-refractivity contribution in [3.05, 3.63) is 48.4 Å². The Kier molecular flexibility index (Phi) is 12.1. The fourth-order valence-corrected chi connectivity index (χ4v) is 2.95. The molecule has 0 spiro atoms. The minimum Gasteiger partial charge on any atom is -0.491 e. The van der Waals surface area contributed by atoms with Gasteiger partial charge in [-0.2, -0.15) is 0 Å². The van der Waals surface area contributed by atoms with Crippen molar-refractivity contribution in [2.24, 2.45) is 10.9 Å². The van der Waals surface area contributed by atoms with Crippen molar-refractivity contribution in [1.82, 2.24) is 10.6 Å². The summed E-state index contributed by atoms with van der Waals surface area (Å²) in [5, 5.41) is 9.55. The van der Waals surface area contributed by atoms with E-state index in [9.17, 15) is 4.79 Å². The second kappa shape index (κ2) is 14.8. The highest BCUT2D eigenvalue weighted by Crippen LogP contribution is 2.28. The maximum absolute atomic E-state index is 11.8. The standard InChI is InChI=1S/C24H34N4O4.HI/c1-18(2)32-21-10-8-20(9-11-21)28-24(27-14-13-25-23(29)19-6-7-19)26-12-4-15-30-17-22-5-3-16-31-22;/h3,5,8-11,16,18-19H,4,6-7,12-15,17H2,1-2H3,(H,25,29)(H2,26,27,28);1H. The van der Waals surface area contributed by atoms with Gasteiger partial charge < -0.3 is 29.8 Å². The first-order valence-corrected chi connectivity index (χ1v) is 11.3. The van der Waals surface area contributed by atoms with Gasteiger partial charge in [0.15, 0.2) is 5.96 Å². The van der Waals surface area contributed by atoms with Crippen LogP contribution >= 0.6 is 24.0 Å². The second-order valence-corrected chi connectivity index (χ2v) is 8.02. The van der Waals surface area contributed by atoms with Crippen molar-refractivity contribution in [3.8, 4) is 5.75 Å². The average Bonchev–Trinajstić information content (AvgIpc) is 3.50. The predicted octanol–water partition coefficient (Wildman–Crippen LogP) is 4.18. The summed E-state index contributed by atoms with van der Waals surface area (Å²) >= 11 is 0. The van der Waals surface area contributed by atoms with Gasteiger partial charge in [0.05, 0.1) is 12.4 Å². The third-order valence-corrected chi connectivity index (χ3v) is 4.69. The number of aliphatic imine (C=N–C) groups is 1. The van der Waals surface area contributed by atoms with Gasteiger partial charge in [-0.3, -0.25) is 9.79 Å². The zero-order valence-electron chi connectivity index (χ0n) is 19.3. The molecule has 0 bridgehead atoms. The van der Waals surface area contributed by atoms with Gasteiger partial charge in [0.25, 0.3) is 0 Å². The van der Waals surface area contributed by atoms with E-state index in [1.165, 1.54) is 0 Å². The number of nitrogens with zero attached hydrogens (tertiary/aromatic N) is 1. The molecule has 3 rings (SSSR count). The Morgan fingerprint density at radius 2 is 1.91 bits per heavy atom. The van der Waals surface area contributed by atoms with E-state index in [0.717, 1.165) is 36.5 Å². The summed E-state index contributed by atoms with van der Waals surface area (Å²) in [7, 11) is 0. The normalized spacial score (nSPS) is 13.4. The van der Waals surface area contributed by atoms with Crippen molar-refractivity contribution in [2.75, 3.05) is 31.6 Å². The molecule has 33 heavy (non-hydrogen) atoms. The van der Waals surface area contributed by atoms with E-state index in [0.29, 0.717) is 38.8 Å². The van der Waals surface area contributed by atoms with Crippen LogP contribution in [0.3, 0.4) is 0 Å². The van der Waals surface area contributed by atoms with Crippen LogP contribution in [0.1, 0.15) is 38.9 Å². The lowest BCUT2D eigenvalue weighted by molar-refractivity contribution is -0.122. The molecule has 1 fully saturated rings. The van der Waals surface area contributed by atoms with Crippen molar-refractivity contribution in [2.45, 2.75) is 45.8 Å². The largest absolute Gasteiger partial charge is 0.491 e. The molecule has 0 radical (unpaired) electrons. The third kappa shape index (κ3) is 10.9. The molecule has 1 aromatic carbocycles. The number of hydrogen-bond acceptors (Lipinski definition) is 5. The van der Waals surface area contributed by atoms with Crippen LogP contribution in [0.15, 0.2) is 52.1 Å². The Morgan fingerprint density at radius 3 is 2.58 bits per heavy atom. The van der Waals surface area contributed by atoms with Gasteiger partial charge in [0.1, 0.15) is 18.1 Å². The summed E-state index contributed by atoms with van der Waals surface area (Å²) < 4.78 is 16.6. The number of nitrogens with one attached hydrogen (secondary N) is 3. The summed E-state index contributed by atoms with van der Waals surface area (Å²) in [6, 6.07) is 11.5. The molecular formula is C24H35IN4O4. The molecule has 1 aliphatic carbocycles. The number of guanidine groups is 1. The molecule has 2 aromatic rings. The highest BCUT2D eigenvalue weighted by atomic mass is 127. The van der Waals surface area contributed by atoms with E-state index in [1.54, 1.807) is 6.26 Å². The maximum atomic E-state index is 11.8. The Morgan fingerprint density at radius 1 is 1.15 bits per heavy atom. The Bertz CT molecular complexity index is 837. The fraction of sp³-hybridized carbons (Fsp3) is 0.500. The molecule has 3 N–H and O–H groups in total. The number of halogens is 1.